The Hall–Kier alpha value is -0.200. The van der Waals surface area contributed by atoms with E-state index in [0.29, 0.717) is 0 Å². The molecule has 82 valence electrons. The molecule has 3 unspecified atom stereocenters. The highest BCUT2D eigenvalue weighted by atomic mass is 16.8. The fourth-order valence-electron chi connectivity index (χ4n) is 2.01. The van der Waals surface area contributed by atoms with E-state index >= 15 is 0 Å². The average molecular weight is 202 g/mol. The number of rotatable bonds is 4. The molecule has 2 aliphatic heterocycles. The van der Waals surface area contributed by atoms with Crippen LogP contribution in [0.4, 0.5) is 0 Å². The maximum absolute atomic E-state index is 9.30. The summed E-state index contributed by atoms with van der Waals surface area (Å²) in [6.45, 7) is 4.06. The number of methoxy groups -OCH3 is 1. The van der Waals surface area contributed by atoms with Crippen LogP contribution >= 0.6 is 0 Å². The van der Waals surface area contributed by atoms with Crippen molar-refractivity contribution in [2.75, 3.05) is 39.9 Å². The highest BCUT2D eigenvalue weighted by Crippen LogP contribution is 2.28. The number of hydrogen-bond acceptors (Lipinski definition) is 5. The smallest absolute Gasteiger partial charge is 0.185 e. The van der Waals surface area contributed by atoms with Crippen molar-refractivity contribution in [2.24, 2.45) is 0 Å². The molecule has 5 nitrogen and oxygen atoms in total. The minimum absolute atomic E-state index is 0.0584. The zero-order valence-corrected chi connectivity index (χ0v) is 8.48. The molecule has 2 rings (SSSR count). The monoisotopic (exact) mass is 202 g/mol. The van der Waals surface area contributed by atoms with Gasteiger partial charge in [-0.05, 0) is 0 Å². The number of hydrogen-bond donors (Lipinski definition) is 2. The Bertz CT molecular complexity index is 185. The van der Waals surface area contributed by atoms with Gasteiger partial charge in [0.2, 0.25) is 0 Å². The van der Waals surface area contributed by atoms with Crippen LogP contribution in [0.3, 0.4) is 0 Å². The van der Waals surface area contributed by atoms with Gasteiger partial charge in [-0.1, -0.05) is 0 Å². The molecule has 2 N–H and O–H groups in total. The molecule has 0 aromatic heterocycles. The number of aliphatic hydroxyl groups is 1. The van der Waals surface area contributed by atoms with Crippen LogP contribution in [0.5, 0.6) is 0 Å². The second-order valence-corrected chi connectivity index (χ2v) is 3.74. The lowest BCUT2D eigenvalue weighted by Crippen LogP contribution is -2.52. The highest BCUT2D eigenvalue weighted by Gasteiger charge is 2.47. The van der Waals surface area contributed by atoms with Gasteiger partial charge >= 0.3 is 0 Å². The van der Waals surface area contributed by atoms with E-state index in [2.05, 4.69) is 10.2 Å². The van der Waals surface area contributed by atoms with Crippen LogP contribution in [0, 0.1) is 0 Å². The summed E-state index contributed by atoms with van der Waals surface area (Å²) in [5, 5.41) is 12.6. The Labute approximate surface area is 84.0 Å². The quantitative estimate of drug-likeness (QED) is 0.551. The second-order valence-electron chi connectivity index (χ2n) is 3.74. The van der Waals surface area contributed by atoms with Crippen LogP contribution in [0.1, 0.15) is 0 Å². The number of epoxide rings is 1. The van der Waals surface area contributed by atoms with Crippen molar-refractivity contribution < 1.29 is 14.6 Å². The molecule has 0 spiro atoms. The van der Waals surface area contributed by atoms with Crippen molar-refractivity contribution in [3.63, 3.8) is 0 Å². The van der Waals surface area contributed by atoms with Gasteiger partial charge in [-0.15, -0.1) is 0 Å². The first-order valence-corrected chi connectivity index (χ1v) is 5.10. The standard InChI is InChI=1S/C9H18N2O3/c1-13-9-8(14-9)7(6-12)11-4-2-10-3-5-11/h7-10,12H,2-6H2,1H3. The third-order valence-electron chi connectivity index (χ3n) is 2.90. The molecule has 0 aromatic rings. The third kappa shape index (κ3) is 2.07. The van der Waals surface area contributed by atoms with Crippen molar-refractivity contribution in [2.45, 2.75) is 18.4 Å². The van der Waals surface area contributed by atoms with Gasteiger partial charge in [-0.3, -0.25) is 4.90 Å². The molecule has 0 aliphatic carbocycles. The number of aliphatic hydroxyl groups excluding tert-OH is 1. The molecule has 5 heteroatoms. The van der Waals surface area contributed by atoms with Gasteiger partial charge in [-0.25, -0.2) is 0 Å². The molecule has 0 saturated carbocycles. The van der Waals surface area contributed by atoms with Gasteiger partial charge < -0.3 is 19.9 Å². The predicted molar refractivity (Wildman–Crippen MR) is 51.0 cm³/mol. The minimum atomic E-state index is -0.109. The van der Waals surface area contributed by atoms with E-state index in [0.717, 1.165) is 26.2 Å². The van der Waals surface area contributed by atoms with E-state index in [4.69, 9.17) is 9.47 Å². The second kappa shape index (κ2) is 4.55. The summed E-state index contributed by atoms with van der Waals surface area (Å²) in [5.41, 5.74) is 0. The van der Waals surface area contributed by atoms with Crippen molar-refractivity contribution >= 4 is 0 Å². The molecular formula is C9H18N2O3. The van der Waals surface area contributed by atoms with Crippen LogP contribution in [-0.2, 0) is 9.47 Å². The average Bonchev–Trinajstić information content (AvgIpc) is 3.00. The van der Waals surface area contributed by atoms with Crippen LogP contribution < -0.4 is 5.32 Å². The maximum atomic E-state index is 9.30. The first-order chi connectivity index (χ1) is 6.86. The summed E-state index contributed by atoms with van der Waals surface area (Å²) in [5.74, 6) is 0. The molecule has 2 saturated heterocycles. The van der Waals surface area contributed by atoms with Gasteiger partial charge in [0, 0.05) is 33.3 Å². The zero-order valence-electron chi connectivity index (χ0n) is 8.48. The maximum Gasteiger partial charge on any atom is 0.185 e. The van der Waals surface area contributed by atoms with E-state index in [1.165, 1.54) is 0 Å². The van der Waals surface area contributed by atoms with Crippen molar-refractivity contribution in [1.29, 1.82) is 0 Å². The summed E-state index contributed by atoms with van der Waals surface area (Å²) in [6.07, 6.45) is -0.0508. The first-order valence-electron chi connectivity index (χ1n) is 5.10. The van der Waals surface area contributed by atoms with E-state index in [1.54, 1.807) is 7.11 Å². The Kier molecular flexibility index (Phi) is 3.35. The molecule has 0 radical (unpaired) electrons. The molecule has 0 amide bonds. The minimum Gasteiger partial charge on any atom is -0.395 e. The Morgan fingerprint density at radius 2 is 2.29 bits per heavy atom. The highest BCUT2D eigenvalue weighted by molar-refractivity contribution is 4.92. The summed E-state index contributed by atoms with van der Waals surface area (Å²) in [7, 11) is 1.64. The lowest BCUT2D eigenvalue weighted by molar-refractivity contribution is 0.0891. The van der Waals surface area contributed by atoms with Crippen LogP contribution in [0.15, 0.2) is 0 Å². The Morgan fingerprint density at radius 3 is 2.79 bits per heavy atom. The normalized spacial score (nSPS) is 35.6. The first kappa shape index (κ1) is 10.3. The number of nitrogens with zero attached hydrogens (tertiary/aromatic N) is 1. The predicted octanol–water partition coefficient (Wildman–Crippen LogP) is -1.38. The molecular weight excluding hydrogens is 184 g/mol. The fraction of sp³-hybridized carbons (Fsp3) is 1.00. The molecule has 0 aromatic carbocycles. The van der Waals surface area contributed by atoms with E-state index in [1.807, 2.05) is 0 Å². The Morgan fingerprint density at radius 1 is 1.57 bits per heavy atom. The number of piperazine rings is 1. The molecule has 2 heterocycles. The number of nitrogens with one attached hydrogen (secondary N) is 1. The van der Waals surface area contributed by atoms with Gasteiger partial charge in [0.1, 0.15) is 6.10 Å². The van der Waals surface area contributed by atoms with Crippen molar-refractivity contribution in [3.05, 3.63) is 0 Å². The summed E-state index contributed by atoms with van der Waals surface area (Å²) in [4.78, 5) is 2.26. The summed E-state index contributed by atoms with van der Waals surface area (Å²) < 4.78 is 10.4. The largest absolute Gasteiger partial charge is 0.395 e. The Balaban J connectivity index is 1.85. The molecule has 14 heavy (non-hydrogen) atoms. The third-order valence-corrected chi connectivity index (χ3v) is 2.90. The topological polar surface area (TPSA) is 57.3 Å². The van der Waals surface area contributed by atoms with Crippen LogP contribution in [-0.4, -0.2) is 68.3 Å². The molecule has 3 atom stereocenters. The van der Waals surface area contributed by atoms with Crippen LogP contribution in [0.2, 0.25) is 0 Å². The zero-order chi connectivity index (χ0) is 9.97. The molecule has 2 aliphatic rings. The lowest BCUT2D eigenvalue weighted by Gasteiger charge is -2.32. The van der Waals surface area contributed by atoms with Gasteiger partial charge in [0.15, 0.2) is 6.29 Å². The van der Waals surface area contributed by atoms with E-state index in [-0.39, 0.29) is 25.0 Å². The van der Waals surface area contributed by atoms with E-state index in [9.17, 15) is 5.11 Å². The summed E-state index contributed by atoms with van der Waals surface area (Å²) in [6, 6.07) is 0.0991. The van der Waals surface area contributed by atoms with E-state index < -0.39 is 0 Å². The fourth-order valence-corrected chi connectivity index (χ4v) is 2.01. The number of ether oxygens (including phenoxy) is 2. The van der Waals surface area contributed by atoms with Gasteiger partial charge in [0.25, 0.3) is 0 Å². The lowest BCUT2D eigenvalue weighted by atomic mass is 10.1. The SMILES string of the molecule is COC1OC1C(CO)N1CCNCC1. The van der Waals surface area contributed by atoms with Gasteiger partial charge in [-0.2, -0.15) is 0 Å². The van der Waals surface area contributed by atoms with Gasteiger partial charge in [0.05, 0.1) is 12.6 Å². The summed E-state index contributed by atoms with van der Waals surface area (Å²) >= 11 is 0. The molecule has 2 fully saturated rings. The van der Waals surface area contributed by atoms with Crippen molar-refractivity contribution in [3.8, 4) is 0 Å². The van der Waals surface area contributed by atoms with Crippen LogP contribution in [0.25, 0.3) is 0 Å². The van der Waals surface area contributed by atoms with Crippen molar-refractivity contribution in [1.82, 2.24) is 10.2 Å². The molecule has 0 bridgehead atoms.